The number of aromatic nitrogens is 2. The number of amides is 1. The molecule has 1 fully saturated rings. The second-order valence-electron chi connectivity index (χ2n) is 5.73. The molecule has 2 aliphatic rings. The first kappa shape index (κ1) is 11.0. The summed E-state index contributed by atoms with van der Waals surface area (Å²) in [5.41, 5.74) is 4.00. The predicted molar refractivity (Wildman–Crippen MR) is 73.3 cm³/mol. The summed E-state index contributed by atoms with van der Waals surface area (Å²) in [4.78, 5) is 19.2. The summed E-state index contributed by atoms with van der Waals surface area (Å²) < 4.78 is 2.09. The molecule has 4 rings (SSSR count). The summed E-state index contributed by atoms with van der Waals surface area (Å²) in [6, 6.07) is 4.60. The van der Waals surface area contributed by atoms with E-state index in [4.69, 9.17) is 0 Å². The minimum atomic E-state index is 0.184. The van der Waals surface area contributed by atoms with Crippen molar-refractivity contribution >= 4 is 16.9 Å². The molecule has 0 saturated heterocycles. The van der Waals surface area contributed by atoms with Crippen molar-refractivity contribution in [1.29, 1.82) is 0 Å². The number of carbonyl (C=O) groups excluding carboxylic acids is 1. The molecule has 4 heteroatoms. The first-order valence-electron chi connectivity index (χ1n) is 6.93. The van der Waals surface area contributed by atoms with Crippen LogP contribution < -0.4 is 0 Å². The van der Waals surface area contributed by atoms with Gasteiger partial charge in [0.25, 0.3) is 5.91 Å². The minimum Gasteiger partial charge on any atom is -0.333 e. The molecule has 1 amide bonds. The molecular formula is C15H17N3O. The molecule has 0 atom stereocenters. The lowest BCUT2D eigenvalue weighted by Crippen LogP contribution is -2.41. The van der Waals surface area contributed by atoms with Crippen LogP contribution in [0.5, 0.6) is 0 Å². The van der Waals surface area contributed by atoms with Gasteiger partial charge in [-0.1, -0.05) is 0 Å². The average Bonchev–Trinajstić information content (AvgIpc) is 3.12. The Morgan fingerprint density at radius 3 is 2.74 bits per heavy atom. The van der Waals surface area contributed by atoms with Crippen molar-refractivity contribution in [2.75, 3.05) is 6.54 Å². The summed E-state index contributed by atoms with van der Waals surface area (Å²) >= 11 is 0. The van der Waals surface area contributed by atoms with Crippen LogP contribution in [0.1, 0.15) is 34.6 Å². The Morgan fingerprint density at radius 1 is 1.21 bits per heavy atom. The predicted octanol–water partition coefficient (Wildman–Crippen LogP) is 2.27. The molecular weight excluding hydrogens is 238 g/mol. The highest BCUT2D eigenvalue weighted by Crippen LogP contribution is 2.32. The number of rotatable bonds is 1. The van der Waals surface area contributed by atoms with Gasteiger partial charge in [0.15, 0.2) is 0 Å². The Morgan fingerprint density at radius 2 is 2.00 bits per heavy atom. The molecule has 4 nitrogen and oxygen atoms in total. The van der Waals surface area contributed by atoms with Crippen molar-refractivity contribution < 1.29 is 4.79 Å². The van der Waals surface area contributed by atoms with Gasteiger partial charge in [-0.3, -0.25) is 4.79 Å². The molecule has 0 aromatic carbocycles. The average molecular weight is 255 g/mol. The molecule has 1 aliphatic carbocycles. The fourth-order valence-electron chi connectivity index (χ4n) is 3.13. The zero-order valence-corrected chi connectivity index (χ0v) is 11.3. The molecule has 19 heavy (non-hydrogen) atoms. The summed E-state index contributed by atoms with van der Waals surface area (Å²) in [5, 5.41) is 1.12. The van der Waals surface area contributed by atoms with Crippen molar-refractivity contribution in [3.05, 3.63) is 29.1 Å². The molecule has 1 saturated carbocycles. The standard InChI is InChI=1S/C15H17N3O/c1-9-7-10(2)16-14-12(9)8-13-15(19)17(11-3-4-11)5-6-18(13)14/h7-8,11H,3-6H2,1-2H3. The summed E-state index contributed by atoms with van der Waals surface area (Å²) in [7, 11) is 0. The zero-order chi connectivity index (χ0) is 13.1. The zero-order valence-electron chi connectivity index (χ0n) is 11.3. The highest BCUT2D eigenvalue weighted by Gasteiger charge is 2.37. The number of fused-ring (bicyclic) bond motifs is 3. The van der Waals surface area contributed by atoms with Crippen LogP contribution in [-0.2, 0) is 6.54 Å². The van der Waals surface area contributed by atoms with Gasteiger partial charge in [0, 0.05) is 30.2 Å². The van der Waals surface area contributed by atoms with E-state index in [2.05, 4.69) is 22.5 Å². The van der Waals surface area contributed by atoms with Crippen LogP contribution in [0.4, 0.5) is 0 Å². The third kappa shape index (κ3) is 1.52. The third-order valence-corrected chi connectivity index (χ3v) is 4.23. The van der Waals surface area contributed by atoms with E-state index >= 15 is 0 Å². The third-order valence-electron chi connectivity index (χ3n) is 4.23. The van der Waals surface area contributed by atoms with Crippen LogP contribution in [0.2, 0.25) is 0 Å². The Labute approximate surface area is 112 Å². The molecule has 0 bridgehead atoms. The highest BCUT2D eigenvalue weighted by atomic mass is 16.2. The molecule has 0 N–H and O–H groups in total. The van der Waals surface area contributed by atoms with Crippen LogP contribution in [0, 0.1) is 13.8 Å². The molecule has 2 aromatic heterocycles. The van der Waals surface area contributed by atoms with E-state index < -0.39 is 0 Å². The van der Waals surface area contributed by atoms with Crippen LogP contribution in [-0.4, -0.2) is 32.9 Å². The smallest absolute Gasteiger partial charge is 0.270 e. The van der Waals surface area contributed by atoms with Gasteiger partial charge in [0.2, 0.25) is 0 Å². The monoisotopic (exact) mass is 255 g/mol. The van der Waals surface area contributed by atoms with Gasteiger partial charge >= 0.3 is 0 Å². The maximum absolute atomic E-state index is 12.5. The van der Waals surface area contributed by atoms with E-state index in [1.165, 1.54) is 18.4 Å². The van der Waals surface area contributed by atoms with Crippen molar-refractivity contribution in [1.82, 2.24) is 14.5 Å². The molecule has 98 valence electrons. The SMILES string of the molecule is Cc1cc(C)c2cc3n(c2n1)CCN(C1CC1)C3=O. The van der Waals surface area contributed by atoms with Gasteiger partial charge < -0.3 is 9.47 Å². The number of hydrogen-bond donors (Lipinski definition) is 0. The largest absolute Gasteiger partial charge is 0.333 e. The van der Waals surface area contributed by atoms with Crippen molar-refractivity contribution in [2.24, 2.45) is 0 Å². The van der Waals surface area contributed by atoms with Gasteiger partial charge in [-0.15, -0.1) is 0 Å². The Balaban J connectivity index is 1.91. The lowest BCUT2D eigenvalue weighted by atomic mass is 10.2. The topological polar surface area (TPSA) is 38.1 Å². The summed E-state index contributed by atoms with van der Waals surface area (Å²) in [6.45, 7) is 5.80. The van der Waals surface area contributed by atoms with E-state index in [9.17, 15) is 4.79 Å². The van der Waals surface area contributed by atoms with Crippen molar-refractivity contribution in [3.63, 3.8) is 0 Å². The van der Waals surface area contributed by atoms with Gasteiger partial charge in [-0.2, -0.15) is 0 Å². The number of aryl methyl sites for hydroxylation is 2. The maximum atomic E-state index is 12.5. The summed E-state index contributed by atoms with van der Waals surface area (Å²) in [6.07, 6.45) is 2.34. The fraction of sp³-hybridized carbons (Fsp3) is 0.467. The van der Waals surface area contributed by atoms with Crippen LogP contribution in [0.3, 0.4) is 0 Å². The van der Waals surface area contributed by atoms with E-state index in [-0.39, 0.29) is 5.91 Å². The van der Waals surface area contributed by atoms with Crippen LogP contribution in [0.15, 0.2) is 12.1 Å². The Kier molecular flexibility index (Phi) is 2.08. The molecule has 0 unspecified atom stereocenters. The molecule has 0 spiro atoms. The van der Waals surface area contributed by atoms with E-state index in [0.29, 0.717) is 6.04 Å². The lowest BCUT2D eigenvalue weighted by molar-refractivity contribution is 0.0692. The van der Waals surface area contributed by atoms with Crippen LogP contribution in [0.25, 0.3) is 11.0 Å². The van der Waals surface area contributed by atoms with E-state index in [1.54, 1.807) is 0 Å². The van der Waals surface area contributed by atoms with Crippen molar-refractivity contribution in [2.45, 2.75) is 39.3 Å². The molecule has 0 radical (unpaired) electrons. The number of hydrogen-bond acceptors (Lipinski definition) is 2. The highest BCUT2D eigenvalue weighted by molar-refractivity contribution is 5.99. The lowest BCUT2D eigenvalue weighted by Gasteiger charge is -2.28. The normalized spacial score (nSPS) is 19.1. The number of carbonyl (C=O) groups is 1. The number of pyridine rings is 1. The van der Waals surface area contributed by atoms with Gasteiger partial charge in [0.1, 0.15) is 11.3 Å². The van der Waals surface area contributed by atoms with Crippen LogP contribution >= 0.6 is 0 Å². The summed E-state index contributed by atoms with van der Waals surface area (Å²) in [5.74, 6) is 0.184. The second-order valence-corrected chi connectivity index (χ2v) is 5.73. The molecule has 2 aromatic rings. The second kappa shape index (κ2) is 3.59. The Hall–Kier alpha value is -1.84. The quantitative estimate of drug-likeness (QED) is 0.784. The maximum Gasteiger partial charge on any atom is 0.270 e. The van der Waals surface area contributed by atoms with Gasteiger partial charge in [-0.25, -0.2) is 4.98 Å². The van der Waals surface area contributed by atoms with E-state index in [1.807, 2.05) is 17.9 Å². The minimum absolute atomic E-state index is 0.184. The first-order chi connectivity index (χ1) is 9.15. The molecule has 3 heterocycles. The fourth-order valence-corrected chi connectivity index (χ4v) is 3.13. The van der Waals surface area contributed by atoms with Crippen molar-refractivity contribution in [3.8, 4) is 0 Å². The van der Waals surface area contributed by atoms with E-state index in [0.717, 1.165) is 35.5 Å². The van der Waals surface area contributed by atoms with Gasteiger partial charge in [-0.05, 0) is 44.4 Å². The van der Waals surface area contributed by atoms with Gasteiger partial charge in [0.05, 0.1) is 0 Å². The first-order valence-corrected chi connectivity index (χ1v) is 6.93. The Bertz CT molecular complexity index is 697. The number of nitrogens with zero attached hydrogens (tertiary/aromatic N) is 3. The molecule has 1 aliphatic heterocycles.